The van der Waals surface area contributed by atoms with Crippen LogP contribution in [0.3, 0.4) is 0 Å². The van der Waals surface area contributed by atoms with E-state index in [2.05, 4.69) is 37.4 Å². The Labute approximate surface area is 146 Å². The summed E-state index contributed by atoms with van der Waals surface area (Å²) in [5, 5.41) is 2.54. The maximum Gasteiger partial charge on any atom is 0.244 e. The molecule has 0 spiro atoms. The second-order valence-corrected chi connectivity index (χ2v) is 7.40. The summed E-state index contributed by atoms with van der Waals surface area (Å²) in [5.74, 6) is -0.215. The van der Waals surface area contributed by atoms with Crippen molar-refractivity contribution in [3.8, 4) is 0 Å². The Morgan fingerprint density at radius 1 is 1.21 bits per heavy atom. The molecule has 1 atom stereocenters. The summed E-state index contributed by atoms with van der Waals surface area (Å²) in [5.41, 5.74) is 3.81. The van der Waals surface area contributed by atoms with E-state index in [1.165, 1.54) is 17.3 Å². The van der Waals surface area contributed by atoms with Gasteiger partial charge in [-0.15, -0.1) is 11.8 Å². The van der Waals surface area contributed by atoms with Crippen molar-refractivity contribution >= 4 is 35.0 Å². The first-order chi connectivity index (χ1) is 11.5. The van der Waals surface area contributed by atoms with Crippen molar-refractivity contribution in [3.63, 3.8) is 0 Å². The number of aryl methyl sites for hydroxylation is 2. The van der Waals surface area contributed by atoms with Crippen LogP contribution in [0.2, 0.25) is 0 Å². The van der Waals surface area contributed by atoms with Crippen LogP contribution in [-0.2, 0) is 9.59 Å². The van der Waals surface area contributed by atoms with Gasteiger partial charge in [-0.05, 0) is 44.5 Å². The van der Waals surface area contributed by atoms with Crippen LogP contribution in [0.1, 0.15) is 18.1 Å². The van der Waals surface area contributed by atoms with Crippen LogP contribution in [0.25, 0.3) is 0 Å². The van der Waals surface area contributed by atoms with E-state index in [-0.39, 0.29) is 23.6 Å². The van der Waals surface area contributed by atoms with Gasteiger partial charge in [-0.2, -0.15) is 0 Å². The lowest BCUT2D eigenvalue weighted by Gasteiger charge is -2.31. The third kappa shape index (κ3) is 3.31. The van der Waals surface area contributed by atoms with Crippen LogP contribution in [-0.4, -0.2) is 23.6 Å². The molecule has 1 aliphatic rings. The minimum Gasteiger partial charge on any atom is -0.323 e. The maximum absolute atomic E-state index is 12.9. The van der Waals surface area contributed by atoms with Crippen molar-refractivity contribution in [1.29, 1.82) is 0 Å². The number of para-hydroxylation sites is 2. The zero-order valence-electron chi connectivity index (χ0n) is 14.0. The zero-order valence-corrected chi connectivity index (χ0v) is 14.8. The summed E-state index contributed by atoms with van der Waals surface area (Å²) in [6.07, 6.45) is 0. The standard InChI is InChI=1S/C19H20N2O2S/c1-12-8-9-17(13(2)10-12)24-14(3)19(23)21-11-18(22)20-15-6-4-5-7-16(15)21/h4-10,14H,11H2,1-3H3,(H,20,22)/t14-/m0/s1. The highest BCUT2D eigenvalue weighted by molar-refractivity contribution is 8.00. The average Bonchev–Trinajstić information content (AvgIpc) is 2.55. The van der Waals surface area contributed by atoms with Crippen LogP contribution >= 0.6 is 11.8 Å². The number of hydrogen-bond acceptors (Lipinski definition) is 3. The number of carbonyl (C=O) groups excluding carboxylic acids is 2. The molecular formula is C19H20N2O2S. The smallest absolute Gasteiger partial charge is 0.244 e. The second-order valence-electron chi connectivity index (χ2n) is 6.02. The van der Waals surface area contributed by atoms with E-state index in [4.69, 9.17) is 0 Å². The summed E-state index contributed by atoms with van der Waals surface area (Å²) < 4.78 is 0. The molecule has 0 aromatic heterocycles. The predicted octanol–water partition coefficient (Wildman–Crippen LogP) is 3.77. The van der Waals surface area contributed by atoms with Gasteiger partial charge in [-0.25, -0.2) is 0 Å². The van der Waals surface area contributed by atoms with E-state index < -0.39 is 0 Å². The molecular weight excluding hydrogens is 320 g/mol. The Balaban J connectivity index is 1.82. The lowest BCUT2D eigenvalue weighted by Crippen LogP contribution is -2.45. The third-order valence-corrected chi connectivity index (χ3v) is 5.29. The first kappa shape index (κ1) is 16.6. The molecule has 24 heavy (non-hydrogen) atoms. The fourth-order valence-electron chi connectivity index (χ4n) is 2.82. The van der Waals surface area contributed by atoms with E-state index in [0.29, 0.717) is 5.69 Å². The van der Waals surface area contributed by atoms with Gasteiger partial charge in [0, 0.05) is 4.90 Å². The molecule has 0 fully saturated rings. The highest BCUT2D eigenvalue weighted by atomic mass is 32.2. The van der Waals surface area contributed by atoms with Gasteiger partial charge in [0.25, 0.3) is 0 Å². The van der Waals surface area contributed by atoms with E-state index in [1.807, 2.05) is 31.2 Å². The minimum absolute atomic E-state index is 0.0534. The lowest BCUT2D eigenvalue weighted by molar-refractivity contribution is -0.121. The average molecular weight is 340 g/mol. The van der Waals surface area contributed by atoms with Gasteiger partial charge in [0.2, 0.25) is 11.8 Å². The normalized spacial score (nSPS) is 14.8. The molecule has 2 aromatic carbocycles. The first-order valence-electron chi connectivity index (χ1n) is 7.90. The number of nitrogens with zero attached hydrogens (tertiary/aromatic N) is 1. The van der Waals surface area contributed by atoms with E-state index >= 15 is 0 Å². The molecule has 0 bridgehead atoms. The summed E-state index contributed by atoms with van der Waals surface area (Å²) in [4.78, 5) is 27.5. The molecule has 5 heteroatoms. The molecule has 1 N–H and O–H groups in total. The number of carbonyl (C=O) groups is 2. The van der Waals surface area contributed by atoms with Gasteiger partial charge in [-0.3, -0.25) is 14.5 Å². The number of hydrogen-bond donors (Lipinski definition) is 1. The molecule has 0 unspecified atom stereocenters. The molecule has 0 radical (unpaired) electrons. The van der Waals surface area contributed by atoms with Crippen LogP contribution in [0.5, 0.6) is 0 Å². The molecule has 3 rings (SSSR count). The monoisotopic (exact) mass is 340 g/mol. The predicted molar refractivity (Wildman–Crippen MR) is 98.7 cm³/mol. The molecule has 0 saturated carbocycles. The highest BCUT2D eigenvalue weighted by Gasteiger charge is 2.30. The molecule has 0 saturated heterocycles. The van der Waals surface area contributed by atoms with E-state index in [1.54, 1.807) is 4.90 Å². The van der Waals surface area contributed by atoms with Crippen LogP contribution in [0.15, 0.2) is 47.4 Å². The van der Waals surface area contributed by atoms with Crippen molar-refractivity contribution < 1.29 is 9.59 Å². The number of fused-ring (bicyclic) bond motifs is 1. The number of thioether (sulfide) groups is 1. The number of benzene rings is 2. The fourth-order valence-corrected chi connectivity index (χ4v) is 3.82. The Kier molecular flexibility index (Phi) is 4.62. The molecule has 2 amide bonds. The number of nitrogens with one attached hydrogen (secondary N) is 1. The summed E-state index contributed by atoms with van der Waals surface area (Å²) >= 11 is 1.53. The van der Waals surface area contributed by atoms with Crippen molar-refractivity contribution in [2.24, 2.45) is 0 Å². The second kappa shape index (κ2) is 6.69. The Morgan fingerprint density at radius 3 is 2.71 bits per heavy atom. The topological polar surface area (TPSA) is 49.4 Å². The van der Waals surface area contributed by atoms with Crippen molar-refractivity contribution in [2.45, 2.75) is 30.9 Å². The van der Waals surface area contributed by atoms with Gasteiger partial charge in [0.05, 0.1) is 16.6 Å². The van der Waals surface area contributed by atoms with Crippen LogP contribution in [0.4, 0.5) is 11.4 Å². The Bertz CT molecular complexity index is 804. The van der Waals surface area contributed by atoms with Crippen molar-refractivity contribution in [2.75, 3.05) is 16.8 Å². The van der Waals surface area contributed by atoms with Gasteiger partial charge >= 0.3 is 0 Å². The highest BCUT2D eigenvalue weighted by Crippen LogP contribution is 2.33. The first-order valence-corrected chi connectivity index (χ1v) is 8.78. The number of amides is 2. The van der Waals surface area contributed by atoms with Gasteiger partial charge < -0.3 is 5.32 Å². The minimum atomic E-state index is -0.273. The Morgan fingerprint density at radius 2 is 1.96 bits per heavy atom. The fraction of sp³-hybridized carbons (Fsp3) is 0.263. The van der Waals surface area contributed by atoms with E-state index in [0.717, 1.165) is 16.1 Å². The molecule has 1 heterocycles. The van der Waals surface area contributed by atoms with Gasteiger partial charge in [0.1, 0.15) is 6.54 Å². The zero-order chi connectivity index (χ0) is 17.3. The molecule has 0 aliphatic carbocycles. The largest absolute Gasteiger partial charge is 0.323 e. The quantitative estimate of drug-likeness (QED) is 0.865. The summed E-state index contributed by atoms with van der Waals surface area (Å²) in [7, 11) is 0. The summed E-state index contributed by atoms with van der Waals surface area (Å²) in [6, 6.07) is 13.6. The molecule has 4 nitrogen and oxygen atoms in total. The van der Waals surface area contributed by atoms with Crippen LogP contribution < -0.4 is 10.2 Å². The van der Waals surface area contributed by atoms with Gasteiger partial charge in [0.15, 0.2) is 0 Å². The SMILES string of the molecule is Cc1ccc(S[C@@H](C)C(=O)N2CC(=O)Nc3ccccc32)c(C)c1. The Hall–Kier alpha value is -2.27. The number of rotatable bonds is 3. The molecule has 2 aromatic rings. The summed E-state index contributed by atoms with van der Waals surface area (Å²) in [6.45, 7) is 6.06. The van der Waals surface area contributed by atoms with Crippen molar-refractivity contribution in [1.82, 2.24) is 0 Å². The van der Waals surface area contributed by atoms with Crippen molar-refractivity contribution in [3.05, 3.63) is 53.6 Å². The molecule has 124 valence electrons. The molecule has 1 aliphatic heterocycles. The van der Waals surface area contributed by atoms with Gasteiger partial charge in [-0.1, -0.05) is 29.8 Å². The van der Waals surface area contributed by atoms with Crippen LogP contribution in [0, 0.1) is 13.8 Å². The lowest BCUT2D eigenvalue weighted by atomic mass is 10.2. The number of anilines is 2. The van der Waals surface area contributed by atoms with E-state index in [9.17, 15) is 9.59 Å². The maximum atomic E-state index is 12.9. The third-order valence-electron chi connectivity index (χ3n) is 4.02.